The smallest absolute Gasteiger partial charge is 0.419 e. The lowest BCUT2D eigenvalue weighted by Crippen LogP contribution is -2.48. The van der Waals surface area contributed by atoms with E-state index in [9.17, 15) is 27.9 Å². The van der Waals surface area contributed by atoms with Crippen LogP contribution in [-0.4, -0.2) is 57.1 Å². The van der Waals surface area contributed by atoms with Gasteiger partial charge in [0.25, 0.3) is 0 Å². The van der Waals surface area contributed by atoms with Gasteiger partial charge in [-0.25, -0.2) is 4.79 Å². The highest BCUT2D eigenvalue weighted by Gasteiger charge is 2.61. The molecule has 2 atom stereocenters. The number of rotatable bonds is 2. The number of nitrogens with zero attached hydrogens (tertiary/aromatic N) is 1. The zero-order valence-corrected chi connectivity index (χ0v) is 11.9. The molecule has 21 heavy (non-hydrogen) atoms. The number of β-amino-alcohol motifs (C(OH)–C–C–N with tert-alkyl or cyclic N) is 1. The quantitative estimate of drug-likeness (QED) is 0.811. The summed E-state index contributed by atoms with van der Waals surface area (Å²) in [5.74, 6) is -1.36. The van der Waals surface area contributed by atoms with Crippen LogP contribution >= 0.6 is 0 Å². The van der Waals surface area contributed by atoms with Crippen LogP contribution < -0.4 is 0 Å². The predicted molar refractivity (Wildman–Crippen MR) is 64.6 cm³/mol. The lowest BCUT2D eigenvalue weighted by molar-refractivity contribution is -0.253. The lowest BCUT2D eigenvalue weighted by Gasteiger charge is -2.28. The van der Waals surface area contributed by atoms with E-state index in [4.69, 9.17) is 9.84 Å². The molecule has 0 aromatic rings. The number of aliphatic carboxylic acids is 1. The zero-order valence-electron chi connectivity index (χ0n) is 11.9. The number of hydrogen-bond donors (Lipinski definition) is 2. The first-order valence-corrected chi connectivity index (χ1v) is 6.26. The van der Waals surface area contributed by atoms with Crippen LogP contribution in [0.25, 0.3) is 0 Å². The Morgan fingerprint density at radius 1 is 1.33 bits per heavy atom. The second-order valence-corrected chi connectivity index (χ2v) is 6.09. The van der Waals surface area contributed by atoms with Crippen molar-refractivity contribution in [3.63, 3.8) is 0 Å². The molecule has 1 saturated heterocycles. The number of ether oxygens (including phenoxy) is 1. The summed E-state index contributed by atoms with van der Waals surface area (Å²) in [6, 6.07) is -1.27. The molecule has 0 spiro atoms. The molecular weight excluding hydrogens is 295 g/mol. The van der Waals surface area contributed by atoms with E-state index in [0.29, 0.717) is 4.90 Å². The van der Waals surface area contributed by atoms with Crippen molar-refractivity contribution < 1.29 is 37.7 Å². The third-order valence-electron chi connectivity index (χ3n) is 3.01. The van der Waals surface area contributed by atoms with E-state index in [1.165, 1.54) is 20.8 Å². The van der Waals surface area contributed by atoms with Crippen molar-refractivity contribution in [3.05, 3.63) is 0 Å². The molecule has 1 fully saturated rings. The topological polar surface area (TPSA) is 87.1 Å². The van der Waals surface area contributed by atoms with Crippen LogP contribution in [0.3, 0.4) is 0 Å². The van der Waals surface area contributed by atoms with E-state index in [-0.39, 0.29) is 0 Å². The van der Waals surface area contributed by atoms with Crippen molar-refractivity contribution in [3.8, 4) is 0 Å². The SMILES string of the molecule is CC(C)(C)OC(=O)N1CC(O)(C(F)(F)F)CC1CC(=O)O. The van der Waals surface area contributed by atoms with Gasteiger partial charge in [-0.3, -0.25) is 4.79 Å². The summed E-state index contributed by atoms with van der Waals surface area (Å²) in [4.78, 5) is 23.3. The summed E-state index contributed by atoms with van der Waals surface area (Å²) >= 11 is 0. The lowest BCUT2D eigenvalue weighted by atomic mass is 9.98. The highest BCUT2D eigenvalue weighted by molar-refractivity contribution is 5.72. The Morgan fingerprint density at radius 2 is 1.86 bits per heavy atom. The number of halogens is 3. The van der Waals surface area contributed by atoms with Gasteiger partial charge in [0.15, 0.2) is 5.60 Å². The number of carbonyl (C=O) groups excluding carboxylic acids is 1. The maximum atomic E-state index is 12.9. The van der Waals surface area contributed by atoms with Gasteiger partial charge in [0.2, 0.25) is 0 Å². The van der Waals surface area contributed by atoms with Crippen LogP contribution in [0.2, 0.25) is 0 Å². The number of carbonyl (C=O) groups is 2. The van der Waals surface area contributed by atoms with E-state index in [1.54, 1.807) is 0 Å². The Bertz CT molecular complexity index is 432. The second-order valence-electron chi connectivity index (χ2n) is 6.09. The number of hydrogen-bond acceptors (Lipinski definition) is 4. The highest BCUT2D eigenvalue weighted by atomic mass is 19.4. The number of carboxylic acid groups (broad SMARTS) is 1. The largest absolute Gasteiger partial charge is 0.481 e. The number of likely N-dealkylation sites (tertiary alicyclic amines) is 1. The number of aliphatic hydroxyl groups is 1. The van der Waals surface area contributed by atoms with Gasteiger partial charge in [-0.05, 0) is 20.8 Å². The van der Waals surface area contributed by atoms with Crippen molar-refractivity contribution in [2.45, 2.75) is 57.0 Å². The summed E-state index contributed by atoms with van der Waals surface area (Å²) < 4.78 is 43.5. The normalized spacial score (nSPS) is 26.8. The molecule has 0 aliphatic carbocycles. The molecule has 2 N–H and O–H groups in total. The Balaban J connectivity index is 2.98. The van der Waals surface area contributed by atoms with E-state index in [2.05, 4.69) is 0 Å². The number of carboxylic acids is 1. The Morgan fingerprint density at radius 3 is 2.24 bits per heavy atom. The monoisotopic (exact) mass is 313 g/mol. The molecule has 9 heteroatoms. The standard InChI is InChI=1S/C12H18F3NO5/c1-10(2,3)21-9(19)16-6-11(20,12(13,14)15)5-7(16)4-8(17)18/h7,20H,4-6H2,1-3H3,(H,17,18). The maximum absolute atomic E-state index is 12.9. The fourth-order valence-electron chi connectivity index (χ4n) is 2.10. The van der Waals surface area contributed by atoms with Gasteiger partial charge in [-0.2, -0.15) is 13.2 Å². The average Bonchev–Trinajstić information content (AvgIpc) is 2.52. The highest BCUT2D eigenvalue weighted by Crippen LogP contribution is 2.41. The van der Waals surface area contributed by atoms with E-state index in [0.717, 1.165) is 0 Å². The van der Waals surface area contributed by atoms with Gasteiger partial charge in [0, 0.05) is 12.5 Å². The first kappa shape index (κ1) is 17.5. The fourth-order valence-corrected chi connectivity index (χ4v) is 2.10. The molecule has 0 bridgehead atoms. The first-order valence-electron chi connectivity index (χ1n) is 6.26. The Hall–Kier alpha value is -1.51. The Kier molecular flexibility index (Phi) is 4.48. The van der Waals surface area contributed by atoms with Gasteiger partial charge in [0.1, 0.15) is 5.60 Å². The van der Waals surface area contributed by atoms with Crippen molar-refractivity contribution >= 4 is 12.1 Å². The molecule has 0 aromatic heterocycles. The third-order valence-corrected chi connectivity index (χ3v) is 3.01. The van der Waals surface area contributed by atoms with Crippen molar-refractivity contribution in [1.82, 2.24) is 4.90 Å². The number of alkyl halides is 3. The molecule has 122 valence electrons. The molecule has 1 aliphatic rings. The van der Waals surface area contributed by atoms with E-state index in [1.807, 2.05) is 0 Å². The van der Waals surface area contributed by atoms with Crippen LogP contribution in [0.5, 0.6) is 0 Å². The second kappa shape index (κ2) is 5.36. The summed E-state index contributed by atoms with van der Waals surface area (Å²) in [6.07, 6.45) is -7.62. The first-order chi connectivity index (χ1) is 9.25. The molecule has 1 heterocycles. The maximum Gasteiger partial charge on any atom is 0.419 e. The minimum atomic E-state index is -4.96. The van der Waals surface area contributed by atoms with Crippen LogP contribution in [0.15, 0.2) is 0 Å². The van der Waals surface area contributed by atoms with Gasteiger partial charge >= 0.3 is 18.2 Å². The van der Waals surface area contributed by atoms with Crippen molar-refractivity contribution in [2.75, 3.05) is 6.54 Å². The van der Waals surface area contributed by atoms with E-state index < -0.39 is 54.9 Å². The summed E-state index contributed by atoms with van der Waals surface area (Å²) in [5.41, 5.74) is -4.06. The molecule has 0 saturated carbocycles. The van der Waals surface area contributed by atoms with Gasteiger partial charge in [0.05, 0.1) is 13.0 Å². The van der Waals surface area contributed by atoms with Gasteiger partial charge < -0.3 is 19.8 Å². The molecule has 1 amide bonds. The van der Waals surface area contributed by atoms with Gasteiger partial charge in [-0.15, -0.1) is 0 Å². The summed E-state index contributed by atoms with van der Waals surface area (Å²) in [7, 11) is 0. The Labute approximate surface area is 119 Å². The number of amides is 1. The van der Waals surface area contributed by atoms with Crippen LogP contribution in [-0.2, 0) is 9.53 Å². The van der Waals surface area contributed by atoms with Gasteiger partial charge in [-0.1, -0.05) is 0 Å². The van der Waals surface area contributed by atoms with Crippen LogP contribution in [0.1, 0.15) is 33.6 Å². The molecule has 0 radical (unpaired) electrons. The molecule has 2 unspecified atom stereocenters. The van der Waals surface area contributed by atoms with Crippen LogP contribution in [0.4, 0.5) is 18.0 Å². The average molecular weight is 313 g/mol. The summed E-state index contributed by atoms with van der Waals surface area (Å²) in [6.45, 7) is 3.55. The summed E-state index contributed by atoms with van der Waals surface area (Å²) in [5, 5.41) is 18.4. The zero-order chi connectivity index (χ0) is 16.6. The van der Waals surface area contributed by atoms with Crippen LogP contribution in [0, 0.1) is 0 Å². The minimum absolute atomic E-state index is 0.632. The molecule has 6 nitrogen and oxygen atoms in total. The van der Waals surface area contributed by atoms with E-state index >= 15 is 0 Å². The van der Waals surface area contributed by atoms with Crippen molar-refractivity contribution in [1.29, 1.82) is 0 Å². The molecular formula is C12H18F3NO5. The molecule has 1 aliphatic heterocycles. The third kappa shape index (κ3) is 4.23. The van der Waals surface area contributed by atoms with Crippen molar-refractivity contribution in [2.24, 2.45) is 0 Å². The molecule has 1 rings (SSSR count). The minimum Gasteiger partial charge on any atom is -0.481 e. The predicted octanol–water partition coefficient (Wildman–Crippen LogP) is 1.76. The fraction of sp³-hybridized carbons (Fsp3) is 0.833. The molecule has 0 aromatic carbocycles.